The third kappa shape index (κ3) is 6.45. The number of anilines is 1. The topological polar surface area (TPSA) is 94.6 Å². The van der Waals surface area contributed by atoms with Gasteiger partial charge in [-0.25, -0.2) is 0 Å². The maximum Gasteiger partial charge on any atom is 0.230 e. The minimum Gasteiger partial charge on any atom is -0.496 e. The Kier molecular flexibility index (Phi) is 8.65. The van der Waals surface area contributed by atoms with Gasteiger partial charge in [-0.1, -0.05) is 36.9 Å². The summed E-state index contributed by atoms with van der Waals surface area (Å²) >= 11 is 2.80. The summed E-state index contributed by atoms with van der Waals surface area (Å²) in [5, 5.41) is 15.1. The minimum atomic E-state index is -0.103. The van der Waals surface area contributed by atoms with Gasteiger partial charge in [-0.3, -0.25) is 4.79 Å². The Morgan fingerprint density at radius 2 is 1.79 bits per heavy atom. The molecule has 2 aromatic rings. The number of benzene rings is 1. The lowest BCUT2D eigenvalue weighted by Gasteiger charge is -2.14. The predicted molar refractivity (Wildman–Crippen MR) is 112 cm³/mol. The van der Waals surface area contributed by atoms with E-state index in [0.29, 0.717) is 29.7 Å². The van der Waals surface area contributed by atoms with Crippen molar-refractivity contribution in [2.45, 2.75) is 24.7 Å². The zero-order valence-corrected chi connectivity index (χ0v) is 18.3. The van der Waals surface area contributed by atoms with E-state index in [1.807, 2.05) is 0 Å². The quantitative estimate of drug-likeness (QED) is 0.530. The molecule has 10 heteroatoms. The van der Waals surface area contributed by atoms with Gasteiger partial charge >= 0.3 is 0 Å². The maximum atomic E-state index is 12.2. The largest absolute Gasteiger partial charge is 0.496 e. The highest BCUT2D eigenvalue weighted by molar-refractivity contribution is 8.01. The van der Waals surface area contributed by atoms with E-state index in [9.17, 15) is 4.79 Å². The number of hydrogen-bond donors (Lipinski definition) is 2. The molecular weight excluding hydrogens is 400 g/mol. The van der Waals surface area contributed by atoms with Crippen molar-refractivity contribution < 1.29 is 19.0 Å². The predicted octanol–water partition coefficient (Wildman–Crippen LogP) is 3.04. The van der Waals surface area contributed by atoms with Crippen LogP contribution in [0.3, 0.4) is 0 Å². The van der Waals surface area contributed by atoms with Crippen molar-refractivity contribution in [3.05, 3.63) is 17.7 Å². The number of amides is 1. The van der Waals surface area contributed by atoms with Gasteiger partial charge in [0.15, 0.2) is 15.8 Å². The third-order valence-corrected chi connectivity index (χ3v) is 5.67. The molecule has 2 N–H and O–H groups in total. The fourth-order valence-corrected chi connectivity index (χ4v) is 3.82. The molecule has 0 aliphatic heterocycles. The SMILES string of the molecule is COc1cc(OC)c(OC)cc1CNC(=O)CSc1nnc(NCC(C)C)s1. The molecule has 1 aromatic carbocycles. The number of carbonyl (C=O) groups excluding carboxylic acids is 1. The average molecular weight is 427 g/mol. The Morgan fingerprint density at radius 1 is 1.11 bits per heavy atom. The van der Waals surface area contributed by atoms with E-state index >= 15 is 0 Å². The standard InChI is InChI=1S/C18H26N4O4S2/c1-11(2)8-20-17-21-22-18(28-17)27-10-16(23)19-9-12-6-14(25-4)15(26-5)7-13(12)24-3/h6-7,11H,8-10H2,1-5H3,(H,19,23)(H,20,21). The van der Waals surface area contributed by atoms with Crippen LogP contribution in [0.25, 0.3) is 0 Å². The summed E-state index contributed by atoms with van der Waals surface area (Å²) in [6.45, 7) is 5.41. The number of nitrogens with zero attached hydrogens (tertiary/aromatic N) is 2. The first kappa shape index (κ1) is 22.1. The van der Waals surface area contributed by atoms with E-state index in [1.54, 1.807) is 33.5 Å². The number of rotatable bonds is 11. The summed E-state index contributed by atoms with van der Waals surface area (Å²) in [6.07, 6.45) is 0. The van der Waals surface area contributed by atoms with Gasteiger partial charge in [0.25, 0.3) is 0 Å². The molecule has 0 aliphatic rings. The molecule has 0 saturated heterocycles. The second kappa shape index (κ2) is 11.0. The van der Waals surface area contributed by atoms with Crippen LogP contribution in [-0.2, 0) is 11.3 Å². The first-order valence-corrected chi connectivity index (χ1v) is 10.5. The first-order chi connectivity index (χ1) is 13.5. The molecule has 0 fully saturated rings. The minimum absolute atomic E-state index is 0.103. The smallest absolute Gasteiger partial charge is 0.230 e. The van der Waals surface area contributed by atoms with Crippen LogP contribution in [0, 0.1) is 5.92 Å². The molecule has 0 unspecified atom stereocenters. The first-order valence-electron chi connectivity index (χ1n) is 8.72. The number of ether oxygens (including phenoxy) is 3. The Balaban J connectivity index is 1.87. The highest BCUT2D eigenvalue weighted by Gasteiger charge is 2.13. The molecule has 1 amide bonds. The van der Waals surface area contributed by atoms with Gasteiger partial charge in [-0.15, -0.1) is 10.2 Å². The number of carbonyl (C=O) groups is 1. The summed E-state index contributed by atoms with van der Waals surface area (Å²) in [4.78, 5) is 12.2. The summed E-state index contributed by atoms with van der Waals surface area (Å²) in [5.74, 6) is 2.46. The van der Waals surface area contributed by atoms with Gasteiger partial charge in [0.1, 0.15) is 5.75 Å². The Hall–Kier alpha value is -2.20. The van der Waals surface area contributed by atoms with Gasteiger partial charge in [0, 0.05) is 24.7 Å². The van der Waals surface area contributed by atoms with E-state index in [0.717, 1.165) is 21.6 Å². The van der Waals surface area contributed by atoms with Crippen molar-refractivity contribution in [2.75, 3.05) is 38.9 Å². The molecule has 8 nitrogen and oxygen atoms in total. The van der Waals surface area contributed by atoms with Crippen LogP contribution in [0.4, 0.5) is 5.13 Å². The van der Waals surface area contributed by atoms with Gasteiger partial charge in [-0.2, -0.15) is 0 Å². The second-order valence-electron chi connectivity index (χ2n) is 6.23. The summed E-state index contributed by atoms with van der Waals surface area (Å²) in [5.41, 5.74) is 0.801. The van der Waals surface area contributed by atoms with Crippen molar-refractivity contribution in [3.63, 3.8) is 0 Å². The Morgan fingerprint density at radius 3 is 2.43 bits per heavy atom. The van der Waals surface area contributed by atoms with Crippen LogP contribution in [-0.4, -0.2) is 49.7 Å². The van der Waals surface area contributed by atoms with Gasteiger partial charge in [0.2, 0.25) is 11.0 Å². The van der Waals surface area contributed by atoms with Crippen molar-refractivity contribution in [3.8, 4) is 17.2 Å². The number of hydrogen-bond acceptors (Lipinski definition) is 9. The molecule has 1 aromatic heterocycles. The van der Waals surface area contributed by atoms with Crippen LogP contribution in [0.15, 0.2) is 16.5 Å². The molecule has 0 spiro atoms. The van der Waals surface area contributed by atoms with E-state index in [1.165, 1.54) is 23.1 Å². The number of aromatic nitrogens is 2. The fourth-order valence-electron chi connectivity index (χ4n) is 2.23. The molecule has 0 bridgehead atoms. The van der Waals surface area contributed by atoms with Crippen LogP contribution in [0.1, 0.15) is 19.4 Å². The van der Waals surface area contributed by atoms with Gasteiger partial charge in [-0.05, 0) is 12.0 Å². The molecule has 28 heavy (non-hydrogen) atoms. The van der Waals surface area contributed by atoms with Crippen molar-refractivity contribution in [1.82, 2.24) is 15.5 Å². The third-order valence-electron chi connectivity index (χ3n) is 3.66. The Labute approximate surface area is 173 Å². The Bertz CT molecular complexity index is 783. The summed E-state index contributed by atoms with van der Waals surface area (Å²) < 4.78 is 16.7. The zero-order chi connectivity index (χ0) is 20.5. The normalized spacial score (nSPS) is 10.6. The second-order valence-corrected chi connectivity index (χ2v) is 8.43. The molecule has 0 radical (unpaired) electrons. The molecule has 0 aliphatic carbocycles. The van der Waals surface area contributed by atoms with Crippen molar-refractivity contribution in [1.29, 1.82) is 0 Å². The lowest BCUT2D eigenvalue weighted by atomic mass is 10.1. The van der Waals surface area contributed by atoms with Crippen molar-refractivity contribution in [2.24, 2.45) is 5.92 Å². The average Bonchev–Trinajstić information content (AvgIpc) is 3.16. The fraction of sp³-hybridized carbons (Fsp3) is 0.500. The molecule has 0 saturated carbocycles. The van der Waals surface area contributed by atoms with E-state index in [4.69, 9.17) is 14.2 Å². The molecule has 154 valence electrons. The monoisotopic (exact) mass is 426 g/mol. The van der Waals surface area contributed by atoms with Crippen LogP contribution < -0.4 is 24.8 Å². The van der Waals surface area contributed by atoms with Gasteiger partial charge < -0.3 is 24.8 Å². The number of thioether (sulfide) groups is 1. The van der Waals surface area contributed by atoms with Crippen LogP contribution in [0.2, 0.25) is 0 Å². The lowest BCUT2D eigenvalue weighted by Crippen LogP contribution is -2.24. The molecule has 0 atom stereocenters. The zero-order valence-electron chi connectivity index (χ0n) is 16.7. The molecule has 1 heterocycles. The summed E-state index contributed by atoms with van der Waals surface area (Å²) in [7, 11) is 4.70. The summed E-state index contributed by atoms with van der Waals surface area (Å²) in [6, 6.07) is 3.53. The van der Waals surface area contributed by atoms with E-state index in [2.05, 4.69) is 34.7 Å². The van der Waals surface area contributed by atoms with E-state index < -0.39 is 0 Å². The van der Waals surface area contributed by atoms with Crippen LogP contribution >= 0.6 is 23.1 Å². The molecule has 2 rings (SSSR count). The number of methoxy groups -OCH3 is 3. The lowest BCUT2D eigenvalue weighted by molar-refractivity contribution is -0.118. The highest BCUT2D eigenvalue weighted by Crippen LogP contribution is 2.34. The number of nitrogens with one attached hydrogen (secondary N) is 2. The van der Waals surface area contributed by atoms with Gasteiger partial charge in [0.05, 0.1) is 27.1 Å². The van der Waals surface area contributed by atoms with E-state index in [-0.39, 0.29) is 11.7 Å². The van der Waals surface area contributed by atoms with Crippen LogP contribution in [0.5, 0.6) is 17.2 Å². The highest BCUT2D eigenvalue weighted by atomic mass is 32.2. The van der Waals surface area contributed by atoms with Crippen molar-refractivity contribution >= 4 is 34.1 Å². The molecular formula is C18H26N4O4S2. The maximum absolute atomic E-state index is 12.2.